The van der Waals surface area contributed by atoms with E-state index in [2.05, 4.69) is 18.2 Å². The number of hydrogen-bond acceptors (Lipinski definition) is 2. The van der Waals surface area contributed by atoms with Gasteiger partial charge < -0.3 is 5.73 Å². The van der Waals surface area contributed by atoms with Gasteiger partial charge in [-0.15, -0.1) is 0 Å². The first-order chi connectivity index (χ1) is 7.70. The average Bonchev–Trinajstić information content (AvgIpc) is 2.13. The summed E-state index contributed by atoms with van der Waals surface area (Å²) >= 11 is 0. The zero-order valence-electron chi connectivity index (χ0n) is 11.5. The standard InChI is InChI=1S/C15H23NO/c1-10-6-11(2)8-12(7-10)9-13(17)14(16)15(3,4)5/h6-8,14H,9,16H2,1-5H3. The first kappa shape index (κ1) is 13.9. The number of nitrogens with two attached hydrogens (primary N) is 1. The smallest absolute Gasteiger partial charge is 0.154 e. The van der Waals surface area contributed by atoms with Crippen LogP contribution in [-0.4, -0.2) is 11.8 Å². The normalized spacial score (nSPS) is 13.5. The SMILES string of the molecule is Cc1cc(C)cc(CC(=O)C(N)C(C)(C)C)c1. The van der Waals surface area contributed by atoms with Crippen molar-refractivity contribution in [3.63, 3.8) is 0 Å². The monoisotopic (exact) mass is 233 g/mol. The maximum absolute atomic E-state index is 12.1. The summed E-state index contributed by atoms with van der Waals surface area (Å²) in [5, 5.41) is 0. The molecule has 17 heavy (non-hydrogen) atoms. The van der Waals surface area contributed by atoms with Crippen LogP contribution in [0.3, 0.4) is 0 Å². The van der Waals surface area contributed by atoms with E-state index in [4.69, 9.17) is 5.73 Å². The topological polar surface area (TPSA) is 43.1 Å². The molecule has 0 saturated carbocycles. The zero-order chi connectivity index (χ0) is 13.2. The van der Waals surface area contributed by atoms with E-state index in [0.29, 0.717) is 6.42 Å². The molecule has 94 valence electrons. The van der Waals surface area contributed by atoms with E-state index in [0.717, 1.165) is 5.56 Å². The molecular formula is C15H23NO. The van der Waals surface area contributed by atoms with Crippen LogP contribution in [0.2, 0.25) is 0 Å². The van der Waals surface area contributed by atoms with Crippen molar-refractivity contribution in [2.24, 2.45) is 11.1 Å². The van der Waals surface area contributed by atoms with Crippen LogP contribution in [0, 0.1) is 19.3 Å². The minimum atomic E-state index is -0.400. The molecule has 1 aromatic rings. The molecule has 0 spiro atoms. The minimum Gasteiger partial charge on any atom is -0.321 e. The van der Waals surface area contributed by atoms with E-state index in [9.17, 15) is 4.79 Å². The van der Waals surface area contributed by atoms with E-state index < -0.39 is 6.04 Å². The third kappa shape index (κ3) is 3.97. The van der Waals surface area contributed by atoms with Crippen LogP contribution < -0.4 is 5.73 Å². The second-order valence-corrected chi connectivity index (χ2v) is 5.98. The quantitative estimate of drug-likeness (QED) is 0.872. The Bertz CT molecular complexity index is 395. The van der Waals surface area contributed by atoms with Crippen LogP contribution >= 0.6 is 0 Å². The van der Waals surface area contributed by atoms with Gasteiger partial charge in [0.05, 0.1) is 6.04 Å². The van der Waals surface area contributed by atoms with Crippen molar-refractivity contribution in [3.8, 4) is 0 Å². The fourth-order valence-corrected chi connectivity index (χ4v) is 1.97. The van der Waals surface area contributed by atoms with E-state index >= 15 is 0 Å². The van der Waals surface area contributed by atoms with Gasteiger partial charge in [-0.25, -0.2) is 0 Å². The van der Waals surface area contributed by atoms with Gasteiger partial charge in [0, 0.05) is 6.42 Å². The molecule has 2 heteroatoms. The number of carbonyl (C=O) groups is 1. The van der Waals surface area contributed by atoms with Crippen molar-refractivity contribution in [2.45, 2.75) is 47.1 Å². The predicted molar refractivity (Wildman–Crippen MR) is 72.1 cm³/mol. The van der Waals surface area contributed by atoms with Crippen molar-refractivity contribution in [3.05, 3.63) is 34.9 Å². The van der Waals surface area contributed by atoms with Crippen LogP contribution in [0.1, 0.15) is 37.5 Å². The summed E-state index contributed by atoms with van der Waals surface area (Å²) < 4.78 is 0. The van der Waals surface area contributed by atoms with Crippen molar-refractivity contribution in [2.75, 3.05) is 0 Å². The Hall–Kier alpha value is -1.15. The number of hydrogen-bond donors (Lipinski definition) is 1. The van der Waals surface area contributed by atoms with Crippen LogP contribution in [0.5, 0.6) is 0 Å². The molecule has 1 unspecified atom stereocenters. The average molecular weight is 233 g/mol. The molecule has 0 aromatic heterocycles. The first-order valence-electron chi connectivity index (χ1n) is 6.05. The Morgan fingerprint density at radius 2 is 1.65 bits per heavy atom. The maximum Gasteiger partial charge on any atom is 0.154 e. The number of aryl methyl sites for hydroxylation is 2. The molecule has 0 heterocycles. The Morgan fingerprint density at radius 1 is 1.18 bits per heavy atom. The lowest BCUT2D eigenvalue weighted by Crippen LogP contribution is -2.43. The van der Waals surface area contributed by atoms with Gasteiger partial charge in [-0.05, 0) is 24.8 Å². The zero-order valence-corrected chi connectivity index (χ0v) is 11.5. The molecule has 0 amide bonds. The summed E-state index contributed by atoms with van der Waals surface area (Å²) in [6, 6.07) is 5.82. The van der Waals surface area contributed by atoms with E-state index in [1.807, 2.05) is 34.6 Å². The van der Waals surface area contributed by atoms with Gasteiger partial charge in [-0.1, -0.05) is 50.1 Å². The van der Waals surface area contributed by atoms with Crippen molar-refractivity contribution in [1.82, 2.24) is 0 Å². The Morgan fingerprint density at radius 3 is 2.06 bits per heavy atom. The molecule has 2 N–H and O–H groups in total. The molecule has 0 bridgehead atoms. The van der Waals surface area contributed by atoms with Crippen molar-refractivity contribution >= 4 is 5.78 Å². The van der Waals surface area contributed by atoms with Gasteiger partial charge in [0.25, 0.3) is 0 Å². The van der Waals surface area contributed by atoms with Crippen LogP contribution in [0.15, 0.2) is 18.2 Å². The van der Waals surface area contributed by atoms with Gasteiger partial charge in [-0.3, -0.25) is 4.79 Å². The number of Topliss-reactive ketones (excluding diaryl/α,β-unsaturated/α-hetero) is 1. The molecule has 0 aliphatic carbocycles. The molecule has 0 fully saturated rings. The summed E-state index contributed by atoms with van der Waals surface area (Å²) in [7, 11) is 0. The molecule has 0 aliphatic heterocycles. The lowest BCUT2D eigenvalue weighted by Gasteiger charge is -2.25. The van der Waals surface area contributed by atoms with E-state index in [-0.39, 0.29) is 11.2 Å². The van der Waals surface area contributed by atoms with E-state index in [1.54, 1.807) is 0 Å². The highest BCUT2D eigenvalue weighted by Crippen LogP contribution is 2.20. The highest BCUT2D eigenvalue weighted by molar-refractivity contribution is 5.86. The minimum absolute atomic E-state index is 0.113. The van der Waals surface area contributed by atoms with Crippen LogP contribution in [0.25, 0.3) is 0 Å². The lowest BCUT2D eigenvalue weighted by molar-refractivity contribution is -0.121. The summed E-state index contributed by atoms with van der Waals surface area (Å²) in [5.41, 5.74) is 9.24. The summed E-state index contributed by atoms with van der Waals surface area (Å²) in [4.78, 5) is 12.1. The van der Waals surface area contributed by atoms with Crippen molar-refractivity contribution < 1.29 is 4.79 Å². The third-order valence-corrected chi connectivity index (χ3v) is 2.94. The summed E-state index contributed by atoms with van der Waals surface area (Å²) in [5.74, 6) is 0.113. The molecule has 1 rings (SSSR count). The van der Waals surface area contributed by atoms with E-state index in [1.165, 1.54) is 11.1 Å². The van der Waals surface area contributed by atoms with Crippen LogP contribution in [0.4, 0.5) is 0 Å². The second-order valence-electron chi connectivity index (χ2n) is 5.98. The van der Waals surface area contributed by atoms with Gasteiger partial charge in [0.2, 0.25) is 0 Å². The molecule has 0 radical (unpaired) electrons. The largest absolute Gasteiger partial charge is 0.321 e. The van der Waals surface area contributed by atoms with Crippen molar-refractivity contribution in [1.29, 1.82) is 0 Å². The number of carbonyl (C=O) groups excluding carboxylic acids is 1. The third-order valence-electron chi connectivity index (χ3n) is 2.94. The number of benzene rings is 1. The van der Waals surface area contributed by atoms with Gasteiger partial charge in [0.15, 0.2) is 5.78 Å². The predicted octanol–water partition coefficient (Wildman–Crippen LogP) is 2.79. The highest BCUT2D eigenvalue weighted by Gasteiger charge is 2.27. The lowest BCUT2D eigenvalue weighted by atomic mass is 9.83. The molecule has 0 saturated heterocycles. The summed E-state index contributed by atoms with van der Waals surface area (Å²) in [6.45, 7) is 10.1. The Labute approximate surface area is 104 Å². The molecule has 1 atom stereocenters. The second kappa shape index (κ2) is 5.01. The number of ketones is 1. The highest BCUT2D eigenvalue weighted by atomic mass is 16.1. The molecule has 0 aliphatic rings. The van der Waals surface area contributed by atoms with Gasteiger partial charge >= 0.3 is 0 Å². The van der Waals surface area contributed by atoms with Gasteiger partial charge in [0.1, 0.15) is 0 Å². The summed E-state index contributed by atoms with van der Waals surface area (Å²) in [6.07, 6.45) is 0.432. The Kier molecular flexibility index (Phi) is 4.10. The fourth-order valence-electron chi connectivity index (χ4n) is 1.97. The molecule has 1 aromatic carbocycles. The Balaban J connectivity index is 2.81. The van der Waals surface area contributed by atoms with Crippen LogP contribution in [-0.2, 0) is 11.2 Å². The fraction of sp³-hybridized carbons (Fsp3) is 0.533. The number of rotatable bonds is 3. The first-order valence-corrected chi connectivity index (χ1v) is 6.05. The molecular weight excluding hydrogens is 210 g/mol. The maximum atomic E-state index is 12.1. The molecule has 2 nitrogen and oxygen atoms in total. The van der Waals surface area contributed by atoms with Gasteiger partial charge in [-0.2, -0.15) is 0 Å².